The lowest BCUT2D eigenvalue weighted by atomic mass is 10.0. The average Bonchev–Trinajstić information content (AvgIpc) is 2.23. The van der Waals surface area contributed by atoms with Crippen molar-refractivity contribution in [3.05, 3.63) is 11.3 Å². The van der Waals surface area contributed by atoms with E-state index in [4.69, 9.17) is 5.73 Å². The van der Waals surface area contributed by atoms with E-state index in [-0.39, 0.29) is 12.4 Å². The Morgan fingerprint density at radius 1 is 1.33 bits per heavy atom. The summed E-state index contributed by atoms with van der Waals surface area (Å²) < 4.78 is 0. The number of hydrogen-bond acceptors (Lipinski definition) is 1. The van der Waals surface area contributed by atoms with Crippen molar-refractivity contribution in [2.24, 2.45) is 11.7 Å². The van der Waals surface area contributed by atoms with Gasteiger partial charge in [0.2, 0.25) is 0 Å². The fraction of sp³-hybridized carbons (Fsp3) is 0.714. The lowest BCUT2D eigenvalue weighted by molar-refractivity contribution is 0.561. The smallest absolute Gasteiger partial charge is 0.00753 e. The van der Waals surface area contributed by atoms with Gasteiger partial charge in [-0.15, -0.1) is 12.4 Å². The largest absolute Gasteiger partial charge is 0.402 e. The van der Waals surface area contributed by atoms with Gasteiger partial charge in [0.25, 0.3) is 0 Å². The predicted octanol–water partition coefficient (Wildman–Crippen LogP) is 1.82. The Morgan fingerprint density at radius 2 is 2.11 bits per heavy atom. The highest BCUT2D eigenvalue weighted by Gasteiger charge is 2.28. The topological polar surface area (TPSA) is 26.0 Å². The van der Waals surface area contributed by atoms with E-state index < -0.39 is 0 Å². The lowest BCUT2D eigenvalue weighted by Crippen LogP contribution is -2.01. The van der Waals surface area contributed by atoms with Crippen molar-refractivity contribution in [1.82, 2.24) is 0 Å². The molecule has 0 spiro atoms. The summed E-state index contributed by atoms with van der Waals surface area (Å²) >= 11 is 0. The summed E-state index contributed by atoms with van der Waals surface area (Å²) in [6.07, 6.45) is 5.24. The normalized spacial score (nSPS) is 30.9. The van der Waals surface area contributed by atoms with Crippen molar-refractivity contribution in [1.29, 1.82) is 0 Å². The Hall–Kier alpha value is -0.170. The molecule has 0 radical (unpaired) electrons. The van der Waals surface area contributed by atoms with Gasteiger partial charge in [0, 0.05) is 5.70 Å². The zero-order chi connectivity index (χ0) is 5.56. The molecule has 2 bridgehead atoms. The van der Waals surface area contributed by atoms with Crippen molar-refractivity contribution in [3.63, 3.8) is 0 Å². The van der Waals surface area contributed by atoms with Crippen LogP contribution in [0.25, 0.3) is 0 Å². The van der Waals surface area contributed by atoms with Crippen molar-refractivity contribution in [2.75, 3.05) is 0 Å². The van der Waals surface area contributed by atoms with Crippen molar-refractivity contribution in [2.45, 2.75) is 25.7 Å². The molecular formula is C7H12ClN. The molecule has 0 aromatic heterocycles. The van der Waals surface area contributed by atoms with Gasteiger partial charge in [0.1, 0.15) is 0 Å². The van der Waals surface area contributed by atoms with Crippen LogP contribution in [-0.4, -0.2) is 0 Å². The number of allylic oxidation sites excluding steroid dienone is 2. The fourth-order valence-corrected chi connectivity index (χ4v) is 1.85. The number of rotatable bonds is 0. The molecule has 0 saturated heterocycles. The number of fused-ring (bicyclic) bond motifs is 2. The Balaban J connectivity index is 0.000000405. The lowest BCUT2D eigenvalue weighted by Gasteiger charge is -2.05. The van der Waals surface area contributed by atoms with Gasteiger partial charge in [-0.05, 0) is 31.6 Å². The highest BCUT2D eigenvalue weighted by atomic mass is 35.5. The highest BCUT2D eigenvalue weighted by Crippen LogP contribution is 2.41. The van der Waals surface area contributed by atoms with Gasteiger partial charge < -0.3 is 5.73 Å². The standard InChI is InChI=1S/C7H11N.ClH/c8-7-4-5-1-2-6(7)3-5;/h5H,1-4,8H2;1H. The first-order chi connectivity index (χ1) is 3.86. The minimum atomic E-state index is 0. The molecule has 1 atom stereocenters. The zero-order valence-electron chi connectivity index (χ0n) is 5.39. The second-order valence-corrected chi connectivity index (χ2v) is 2.94. The summed E-state index contributed by atoms with van der Waals surface area (Å²) in [7, 11) is 0. The molecule has 1 fully saturated rings. The first-order valence-corrected chi connectivity index (χ1v) is 3.32. The average molecular weight is 146 g/mol. The molecule has 0 heterocycles. The summed E-state index contributed by atoms with van der Waals surface area (Å²) in [6.45, 7) is 0. The number of hydrogen-bond donors (Lipinski definition) is 1. The summed E-state index contributed by atoms with van der Waals surface area (Å²) in [6, 6.07) is 0. The second-order valence-electron chi connectivity index (χ2n) is 2.94. The third kappa shape index (κ3) is 0.940. The van der Waals surface area contributed by atoms with E-state index in [0.29, 0.717) is 0 Å². The summed E-state index contributed by atoms with van der Waals surface area (Å²) in [4.78, 5) is 0. The van der Waals surface area contributed by atoms with Crippen molar-refractivity contribution >= 4 is 12.4 Å². The maximum Gasteiger partial charge on any atom is 0.00753 e. The summed E-state index contributed by atoms with van der Waals surface area (Å²) in [5, 5.41) is 0. The molecule has 2 aliphatic rings. The Kier molecular flexibility index (Phi) is 1.71. The molecule has 0 aromatic carbocycles. The number of nitrogens with two attached hydrogens (primary N) is 1. The Labute approximate surface area is 61.7 Å². The first kappa shape index (κ1) is 6.94. The van der Waals surface area contributed by atoms with Crippen LogP contribution in [0.4, 0.5) is 0 Å². The molecule has 1 saturated carbocycles. The molecule has 2 aliphatic carbocycles. The van der Waals surface area contributed by atoms with E-state index in [1.807, 2.05) is 0 Å². The third-order valence-corrected chi connectivity index (χ3v) is 2.35. The SMILES string of the molecule is Cl.NC1=C2CCC(C1)C2. The van der Waals surface area contributed by atoms with Gasteiger partial charge in [0.15, 0.2) is 0 Å². The van der Waals surface area contributed by atoms with Crippen LogP contribution in [0.2, 0.25) is 0 Å². The van der Waals surface area contributed by atoms with E-state index in [2.05, 4.69) is 0 Å². The van der Waals surface area contributed by atoms with E-state index in [1.54, 1.807) is 5.57 Å². The molecule has 0 amide bonds. The van der Waals surface area contributed by atoms with E-state index in [0.717, 1.165) is 5.92 Å². The molecule has 2 heteroatoms. The third-order valence-electron chi connectivity index (χ3n) is 2.35. The van der Waals surface area contributed by atoms with Crippen LogP contribution >= 0.6 is 12.4 Å². The van der Waals surface area contributed by atoms with Crippen LogP contribution in [0.5, 0.6) is 0 Å². The predicted molar refractivity (Wildman–Crippen MR) is 40.4 cm³/mol. The van der Waals surface area contributed by atoms with Gasteiger partial charge in [-0.3, -0.25) is 0 Å². The molecule has 1 unspecified atom stereocenters. The van der Waals surface area contributed by atoms with Crippen molar-refractivity contribution in [3.8, 4) is 0 Å². The van der Waals surface area contributed by atoms with Crippen LogP contribution in [0.1, 0.15) is 25.7 Å². The van der Waals surface area contributed by atoms with Crippen LogP contribution < -0.4 is 5.73 Å². The molecule has 52 valence electrons. The molecule has 9 heavy (non-hydrogen) atoms. The van der Waals surface area contributed by atoms with Gasteiger partial charge in [-0.2, -0.15) is 0 Å². The molecular weight excluding hydrogens is 134 g/mol. The van der Waals surface area contributed by atoms with Crippen LogP contribution in [0.3, 0.4) is 0 Å². The molecule has 2 rings (SSSR count). The first-order valence-electron chi connectivity index (χ1n) is 3.32. The molecule has 2 N–H and O–H groups in total. The van der Waals surface area contributed by atoms with E-state index in [9.17, 15) is 0 Å². The molecule has 0 aliphatic heterocycles. The van der Waals surface area contributed by atoms with E-state index >= 15 is 0 Å². The minimum absolute atomic E-state index is 0. The molecule has 1 nitrogen and oxygen atoms in total. The van der Waals surface area contributed by atoms with Crippen LogP contribution in [0, 0.1) is 5.92 Å². The quantitative estimate of drug-likeness (QED) is 0.553. The maximum atomic E-state index is 5.70. The van der Waals surface area contributed by atoms with E-state index in [1.165, 1.54) is 31.4 Å². The van der Waals surface area contributed by atoms with Gasteiger partial charge in [0.05, 0.1) is 0 Å². The summed E-state index contributed by atoms with van der Waals surface area (Å²) in [5.41, 5.74) is 8.47. The van der Waals surface area contributed by atoms with Crippen molar-refractivity contribution < 1.29 is 0 Å². The fourth-order valence-electron chi connectivity index (χ4n) is 1.85. The highest BCUT2D eigenvalue weighted by molar-refractivity contribution is 5.85. The number of halogens is 1. The minimum Gasteiger partial charge on any atom is -0.402 e. The zero-order valence-corrected chi connectivity index (χ0v) is 6.21. The monoisotopic (exact) mass is 145 g/mol. The Bertz CT molecular complexity index is 149. The van der Waals surface area contributed by atoms with Gasteiger partial charge in [-0.1, -0.05) is 5.57 Å². The Morgan fingerprint density at radius 3 is 2.33 bits per heavy atom. The molecule has 0 aromatic rings. The van der Waals surface area contributed by atoms with Gasteiger partial charge in [-0.25, -0.2) is 0 Å². The van der Waals surface area contributed by atoms with Gasteiger partial charge >= 0.3 is 0 Å². The van der Waals surface area contributed by atoms with Crippen LogP contribution in [-0.2, 0) is 0 Å². The maximum absolute atomic E-state index is 5.70. The second kappa shape index (κ2) is 2.22. The van der Waals surface area contributed by atoms with Crippen LogP contribution in [0.15, 0.2) is 11.3 Å². The summed E-state index contributed by atoms with van der Waals surface area (Å²) in [5.74, 6) is 0.949.